The average Bonchev–Trinajstić information content (AvgIpc) is 2.85. The highest BCUT2D eigenvalue weighted by Gasteiger charge is 2.21. The minimum atomic E-state index is -3.42. The third-order valence-electron chi connectivity index (χ3n) is 5.98. The fourth-order valence-electron chi connectivity index (χ4n) is 4.09. The number of pyridine rings is 1. The number of anilines is 1. The number of nitriles is 1. The molecule has 0 atom stereocenters. The predicted octanol–water partition coefficient (Wildman–Crippen LogP) is 4.48. The molecule has 0 aliphatic carbocycles. The fourth-order valence-corrected chi connectivity index (χ4v) is 4.76. The number of ether oxygens (including phenoxy) is 1. The lowest BCUT2D eigenvalue weighted by molar-refractivity contribution is 0.0844. The number of carbonyl (C=O) groups is 1. The van der Waals surface area contributed by atoms with Gasteiger partial charge >= 0.3 is 0 Å². The number of amides is 1. The Bertz CT molecular complexity index is 1390. The van der Waals surface area contributed by atoms with Crippen LogP contribution in [-0.2, 0) is 14.6 Å². The van der Waals surface area contributed by atoms with Crippen LogP contribution in [-0.4, -0.2) is 38.8 Å². The molecule has 0 unspecified atom stereocenters. The number of aromatic nitrogens is 1. The molecule has 1 amide bonds. The molecular weight excluding hydrogens is 450 g/mol. The fraction of sp³-hybridized carbons (Fsp3) is 0.269. The maximum absolute atomic E-state index is 12.8. The summed E-state index contributed by atoms with van der Waals surface area (Å²) >= 11 is 0. The van der Waals surface area contributed by atoms with Crippen molar-refractivity contribution in [2.24, 2.45) is 0 Å². The van der Waals surface area contributed by atoms with Gasteiger partial charge in [-0.05, 0) is 67.3 Å². The molecule has 8 heteroatoms. The largest absolute Gasteiger partial charge is 0.381 e. The summed E-state index contributed by atoms with van der Waals surface area (Å²) < 4.78 is 29.1. The molecule has 1 aliphatic heterocycles. The number of hydrogen-bond donors (Lipinski definition) is 1. The Labute approximate surface area is 199 Å². The van der Waals surface area contributed by atoms with E-state index in [2.05, 4.69) is 16.4 Å². The monoisotopic (exact) mass is 475 g/mol. The van der Waals surface area contributed by atoms with Crippen LogP contribution < -0.4 is 5.32 Å². The van der Waals surface area contributed by atoms with Gasteiger partial charge in [0, 0.05) is 48.4 Å². The second kappa shape index (κ2) is 9.75. The Hall–Kier alpha value is -3.54. The van der Waals surface area contributed by atoms with E-state index in [1.807, 2.05) is 25.1 Å². The molecule has 2 heterocycles. The van der Waals surface area contributed by atoms with Gasteiger partial charge in [-0.2, -0.15) is 5.26 Å². The topological polar surface area (TPSA) is 109 Å². The molecule has 4 rings (SSSR count). The summed E-state index contributed by atoms with van der Waals surface area (Å²) in [6.07, 6.45) is 4.58. The van der Waals surface area contributed by atoms with Crippen molar-refractivity contribution in [2.45, 2.75) is 30.6 Å². The first-order chi connectivity index (χ1) is 16.3. The number of carbonyl (C=O) groups excluding carboxylic acids is 1. The van der Waals surface area contributed by atoms with Crippen LogP contribution in [0.5, 0.6) is 0 Å². The van der Waals surface area contributed by atoms with Crippen LogP contribution in [0.2, 0.25) is 0 Å². The van der Waals surface area contributed by atoms with E-state index in [4.69, 9.17) is 4.74 Å². The molecule has 0 radical (unpaired) electrons. The van der Waals surface area contributed by atoms with Gasteiger partial charge in [-0.1, -0.05) is 12.1 Å². The molecule has 1 aromatic heterocycles. The van der Waals surface area contributed by atoms with Crippen LogP contribution in [0.4, 0.5) is 5.69 Å². The summed E-state index contributed by atoms with van der Waals surface area (Å²) in [6.45, 7) is 3.30. The van der Waals surface area contributed by atoms with E-state index in [0.29, 0.717) is 24.5 Å². The summed E-state index contributed by atoms with van der Waals surface area (Å²) in [6, 6.07) is 15.6. The molecule has 2 aromatic carbocycles. The van der Waals surface area contributed by atoms with Gasteiger partial charge in [0.05, 0.1) is 16.2 Å². The zero-order chi connectivity index (χ0) is 24.3. The average molecular weight is 476 g/mol. The van der Waals surface area contributed by atoms with Gasteiger partial charge < -0.3 is 10.1 Å². The summed E-state index contributed by atoms with van der Waals surface area (Å²) in [4.78, 5) is 17.5. The number of nitrogens with zero attached hydrogens (tertiary/aromatic N) is 2. The second-order valence-corrected chi connectivity index (χ2v) is 10.5. The van der Waals surface area contributed by atoms with Gasteiger partial charge in [0.25, 0.3) is 5.91 Å². The van der Waals surface area contributed by atoms with Crippen molar-refractivity contribution in [3.63, 3.8) is 0 Å². The molecule has 1 saturated heterocycles. The van der Waals surface area contributed by atoms with Gasteiger partial charge in [0.1, 0.15) is 6.07 Å². The summed E-state index contributed by atoms with van der Waals surface area (Å²) in [5.74, 6) is -0.196. The highest BCUT2D eigenvalue weighted by atomic mass is 32.2. The summed E-state index contributed by atoms with van der Waals surface area (Å²) in [5.41, 5.74) is 4.78. The second-order valence-electron chi connectivity index (χ2n) is 8.44. The maximum Gasteiger partial charge on any atom is 0.255 e. The zero-order valence-corrected chi connectivity index (χ0v) is 19.9. The number of nitrogens with one attached hydrogen (secondary N) is 1. The number of hydrogen-bond acceptors (Lipinski definition) is 6. The lowest BCUT2D eigenvalue weighted by atomic mass is 9.91. The number of benzene rings is 2. The van der Waals surface area contributed by atoms with E-state index >= 15 is 0 Å². The Morgan fingerprint density at radius 1 is 1.15 bits per heavy atom. The van der Waals surface area contributed by atoms with Crippen molar-refractivity contribution in [1.29, 1.82) is 5.26 Å². The quantitative estimate of drug-likeness (QED) is 0.583. The molecule has 7 nitrogen and oxygen atoms in total. The number of sulfone groups is 1. The van der Waals surface area contributed by atoms with E-state index in [1.54, 1.807) is 24.4 Å². The number of aryl methyl sites for hydroxylation is 1. The van der Waals surface area contributed by atoms with Crippen molar-refractivity contribution < 1.29 is 17.9 Å². The molecule has 174 valence electrons. The smallest absolute Gasteiger partial charge is 0.255 e. The molecule has 3 aromatic rings. The number of rotatable bonds is 5. The van der Waals surface area contributed by atoms with Crippen LogP contribution in [0.15, 0.2) is 59.6 Å². The molecular formula is C26H25N3O4S. The Morgan fingerprint density at radius 3 is 2.62 bits per heavy atom. The van der Waals surface area contributed by atoms with Gasteiger partial charge in [0.2, 0.25) is 0 Å². The minimum absolute atomic E-state index is 0.0875. The highest BCUT2D eigenvalue weighted by Crippen LogP contribution is 2.32. The molecule has 1 aliphatic rings. The van der Waals surface area contributed by atoms with Gasteiger partial charge in [-0.25, -0.2) is 8.42 Å². The van der Waals surface area contributed by atoms with Crippen LogP contribution >= 0.6 is 0 Å². The first-order valence-corrected chi connectivity index (χ1v) is 12.9. The zero-order valence-electron chi connectivity index (χ0n) is 19.0. The first-order valence-electron chi connectivity index (χ1n) is 11.0. The van der Waals surface area contributed by atoms with Crippen LogP contribution in [0.25, 0.3) is 11.1 Å². The third kappa shape index (κ3) is 5.16. The maximum atomic E-state index is 12.8. The minimum Gasteiger partial charge on any atom is -0.381 e. The van der Waals surface area contributed by atoms with Crippen LogP contribution in [0, 0.1) is 18.3 Å². The molecule has 0 saturated carbocycles. The van der Waals surface area contributed by atoms with Gasteiger partial charge in [-0.3, -0.25) is 9.78 Å². The lowest BCUT2D eigenvalue weighted by Crippen LogP contribution is -2.16. The normalized spacial score (nSPS) is 14.4. The van der Waals surface area contributed by atoms with Gasteiger partial charge in [0.15, 0.2) is 9.84 Å². The summed E-state index contributed by atoms with van der Waals surface area (Å²) in [7, 11) is -3.42. The van der Waals surface area contributed by atoms with E-state index in [1.165, 1.54) is 12.1 Å². The van der Waals surface area contributed by atoms with Crippen molar-refractivity contribution in [1.82, 2.24) is 4.98 Å². The first kappa shape index (κ1) is 23.6. The Morgan fingerprint density at radius 2 is 1.91 bits per heavy atom. The summed E-state index contributed by atoms with van der Waals surface area (Å²) in [5, 5.41) is 12.6. The van der Waals surface area contributed by atoms with Crippen molar-refractivity contribution in [3.8, 4) is 17.2 Å². The molecule has 1 N–H and O–H groups in total. The molecule has 1 fully saturated rings. The Balaban J connectivity index is 1.61. The standard InChI is InChI=1S/C26H25N3O4S/c1-17-6-7-22(29-26(30)19-4-3-5-23(13-19)34(2,31)32)14-24(17)21-12-20(15-27)25(28-16-21)18-8-10-33-11-9-18/h3-7,12-14,16,18H,8-11H2,1-2H3,(H,29,30). The van der Waals surface area contributed by atoms with Crippen molar-refractivity contribution in [2.75, 3.05) is 24.8 Å². The van der Waals surface area contributed by atoms with Crippen LogP contribution in [0.3, 0.4) is 0 Å². The van der Waals surface area contributed by atoms with Crippen molar-refractivity contribution in [3.05, 3.63) is 77.1 Å². The lowest BCUT2D eigenvalue weighted by Gasteiger charge is -2.22. The van der Waals surface area contributed by atoms with E-state index in [0.717, 1.165) is 41.5 Å². The van der Waals surface area contributed by atoms with E-state index in [9.17, 15) is 18.5 Å². The molecule has 34 heavy (non-hydrogen) atoms. The van der Waals surface area contributed by atoms with E-state index in [-0.39, 0.29) is 16.4 Å². The SMILES string of the molecule is Cc1ccc(NC(=O)c2cccc(S(C)(=O)=O)c2)cc1-c1cnc(C2CCOCC2)c(C#N)c1. The molecule has 0 spiro atoms. The van der Waals surface area contributed by atoms with E-state index < -0.39 is 15.7 Å². The van der Waals surface area contributed by atoms with Crippen LogP contribution in [0.1, 0.15) is 45.9 Å². The predicted molar refractivity (Wildman–Crippen MR) is 129 cm³/mol. The Kier molecular flexibility index (Phi) is 6.77. The highest BCUT2D eigenvalue weighted by molar-refractivity contribution is 7.90. The van der Waals surface area contributed by atoms with Gasteiger partial charge in [-0.15, -0.1) is 0 Å². The third-order valence-corrected chi connectivity index (χ3v) is 7.09. The molecule has 0 bridgehead atoms. The van der Waals surface area contributed by atoms with Crippen molar-refractivity contribution >= 4 is 21.4 Å².